The quantitative estimate of drug-likeness (QED) is 0.616. The van der Waals surface area contributed by atoms with Gasteiger partial charge in [0.15, 0.2) is 0 Å². The normalized spacial score (nSPS) is 43.8. The van der Waals surface area contributed by atoms with Crippen molar-refractivity contribution in [1.82, 2.24) is 0 Å². The molecule has 0 radical (unpaired) electrons. The molecule has 1 heteroatoms. The van der Waals surface area contributed by atoms with Gasteiger partial charge in [-0.05, 0) is 43.4 Å². The van der Waals surface area contributed by atoms with Crippen LogP contribution >= 0.6 is 0 Å². The molecule has 0 amide bonds. The first-order valence-corrected chi connectivity index (χ1v) is 5.26. The minimum Gasteiger partial charge on any atom is -0.378 e. The molecule has 3 aliphatic carbocycles. The van der Waals surface area contributed by atoms with E-state index in [9.17, 15) is 0 Å². The number of rotatable bonds is 2. The van der Waals surface area contributed by atoms with Crippen molar-refractivity contribution in [3.8, 4) is 0 Å². The first kappa shape index (κ1) is 8.55. The standard InChI is InChI=1S/C11H20O/c1-4-12-10-6-8-5-9(7-10)11(8,2)3/h8-10H,4-7H2,1-3H3. The van der Waals surface area contributed by atoms with Gasteiger partial charge in [0.2, 0.25) is 0 Å². The summed E-state index contributed by atoms with van der Waals surface area (Å²) in [5.74, 6) is 1.90. The fraction of sp³-hybridized carbons (Fsp3) is 1.00. The second-order valence-electron chi connectivity index (χ2n) is 5.00. The summed E-state index contributed by atoms with van der Waals surface area (Å²) < 4.78 is 5.68. The summed E-state index contributed by atoms with van der Waals surface area (Å²) >= 11 is 0. The summed E-state index contributed by atoms with van der Waals surface area (Å²) in [5, 5.41) is 0. The minimum absolute atomic E-state index is 0.590. The van der Waals surface area contributed by atoms with Crippen LogP contribution in [0.2, 0.25) is 0 Å². The van der Waals surface area contributed by atoms with Crippen LogP contribution in [-0.4, -0.2) is 12.7 Å². The fourth-order valence-electron chi connectivity index (χ4n) is 3.03. The number of hydrogen-bond acceptors (Lipinski definition) is 1. The summed E-state index contributed by atoms with van der Waals surface area (Å²) in [6, 6.07) is 0. The average molecular weight is 168 g/mol. The molecule has 70 valence electrons. The molecule has 12 heavy (non-hydrogen) atoms. The first-order valence-electron chi connectivity index (χ1n) is 5.26. The van der Waals surface area contributed by atoms with Crippen LogP contribution in [0.5, 0.6) is 0 Å². The van der Waals surface area contributed by atoms with Crippen molar-refractivity contribution in [2.45, 2.75) is 46.1 Å². The molecule has 0 aliphatic heterocycles. The van der Waals surface area contributed by atoms with Crippen molar-refractivity contribution in [3.05, 3.63) is 0 Å². The first-order chi connectivity index (χ1) is 5.64. The Balaban J connectivity index is 1.92. The van der Waals surface area contributed by atoms with Crippen LogP contribution in [0.3, 0.4) is 0 Å². The molecular formula is C11H20O. The summed E-state index contributed by atoms with van der Waals surface area (Å²) in [6.07, 6.45) is 4.69. The molecule has 0 N–H and O–H groups in total. The fourth-order valence-corrected chi connectivity index (χ4v) is 3.03. The van der Waals surface area contributed by atoms with Crippen LogP contribution in [0.1, 0.15) is 40.0 Å². The monoisotopic (exact) mass is 168 g/mol. The van der Waals surface area contributed by atoms with E-state index in [2.05, 4.69) is 20.8 Å². The second kappa shape index (κ2) is 2.73. The van der Waals surface area contributed by atoms with E-state index in [1.54, 1.807) is 0 Å². The maximum Gasteiger partial charge on any atom is 0.0580 e. The van der Waals surface area contributed by atoms with E-state index in [1.807, 2.05) is 0 Å². The number of fused-ring (bicyclic) bond motifs is 2. The van der Waals surface area contributed by atoms with E-state index in [0.717, 1.165) is 18.4 Å². The molecule has 0 aromatic rings. The predicted molar refractivity (Wildman–Crippen MR) is 50.0 cm³/mol. The third kappa shape index (κ3) is 1.10. The highest BCUT2D eigenvalue weighted by atomic mass is 16.5. The van der Waals surface area contributed by atoms with Gasteiger partial charge in [0.1, 0.15) is 0 Å². The van der Waals surface area contributed by atoms with Gasteiger partial charge in [0.05, 0.1) is 6.10 Å². The summed E-state index contributed by atoms with van der Waals surface area (Å²) in [4.78, 5) is 0. The summed E-state index contributed by atoms with van der Waals surface area (Å²) in [5.41, 5.74) is 0.633. The van der Waals surface area contributed by atoms with Gasteiger partial charge in [-0.3, -0.25) is 0 Å². The molecule has 0 aromatic carbocycles. The summed E-state index contributed by atoms with van der Waals surface area (Å²) in [7, 11) is 0. The number of hydrogen-bond donors (Lipinski definition) is 0. The molecular weight excluding hydrogens is 148 g/mol. The van der Waals surface area contributed by atoms with Gasteiger partial charge in [-0.25, -0.2) is 0 Å². The Morgan fingerprint density at radius 3 is 2.17 bits per heavy atom. The highest BCUT2D eigenvalue weighted by Gasteiger charge is 2.52. The summed E-state index contributed by atoms with van der Waals surface area (Å²) in [6.45, 7) is 7.85. The smallest absolute Gasteiger partial charge is 0.0580 e. The SMILES string of the molecule is CCOC1CC2CC(C1)C2(C)C. The molecule has 0 spiro atoms. The van der Waals surface area contributed by atoms with Gasteiger partial charge in [-0.2, -0.15) is 0 Å². The van der Waals surface area contributed by atoms with E-state index < -0.39 is 0 Å². The van der Waals surface area contributed by atoms with Crippen molar-refractivity contribution >= 4 is 0 Å². The van der Waals surface area contributed by atoms with E-state index in [4.69, 9.17) is 4.74 Å². The third-order valence-electron chi connectivity index (χ3n) is 4.17. The molecule has 3 rings (SSSR count). The van der Waals surface area contributed by atoms with E-state index in [1.165, 1.54) is 19.3 Å². The van der Waals surface area contributed by atoms with Gasteiger partial charge >= 0.3 is 0 Å². The predicted octanol–water partition coefficient (Wildman–Crippen LogP) is 2.85. The van der Waals surface area contributed by atoms with E-state index in [0.29, 0.717) is 11.5 Å². The van der Waals surface area contributed by atoms with Gasteiger partial charge < -0.3 is 4.74 Å². The van der Waals surface area contributed by atoms with Gasteiger partial charge in [0, 0.05) is 6.61 Å². The Bertz CT molecular complexity index is 160. The molecule has 2 bridgehead atoms. The number of ether oxygens (including phenoxy) is 1. The second-order valence-corrected chi connectivity index (χ2v) is 5.00. The van der Waals surface area contributed by atoms with Crippen LogP contribution in [0, 0.1) is 17.3 Å². The Kier molecular flexibility index (Phi) is 1.95. The lowest BCUT2D eigenvalue weighted by Crippen LogP contribution is -2.52. The molecule has 3 fully saturated rings. The lowest BCUT2D eigenvalue weighted by atomic mass is 9.48. The van der Waals surface area contributed by atoms with Crippen molar-refractivity contribution < 1.29 is 4.74 Å². The molecule has 0 heterocycles. The average Bonchev–Trinajstić information content (AvgIpc) is 2.05. The van der Waals surface area contributed by atoms with Crippen molar-refractivity contribution in [1.29, 1.82) is 0 Å². The van der Waals surface area contributed by atoms with Crippen molar-refractivity contribution in [3.63, 3.8) is 0 Å². The van der Waals surface area contributed by atoms with Crippen LogP contribution in [0.4, 0.5) is 0 Å². The Morgan fingerprint density at radius 1 is 1.17 bits per heavy atom. The molecule has 0 aromatic heterocycles. The van der Waals surface area contributed by atoms with Gasteiger partial charge in [0.25, 0.3) is 0 Å². The Labute approximate surface area is 75.5 Å². The van der Waals surface area contributed by atoms with Crippen molar-refractivity contribution in [2.75, 3.05) is 6.61 Å². The van der Waals surface area contributed by atoms with Crippen LogP contribution in [0.25, 0.3) is 0 Å². The molecule has 0 saturated heterocycles. The molecule has 1 nitrogen and oxygen atoms in total. The highest BCUT2D eigenvalue weighted by molar-refractivity contribution is 5.02. The Morgan fingerprint density at radius 2 is 1.75 bits per heavy atom. The zero-order valence-electron chi connectivity index (χ0n) is 8.47. The van der Waals surface area contributed by atoms with Crippen LogP contribution in [-0.2, 0) is 4.74 Å². The van der Waals surface area contributed by atoms with Crippen LogP contribution < -0.4 is 0 Å². The largest absolute Gasteiger partial charge is 0.378 e. The highest BCUT2D eigenvalue weighted by Crippen LogP contribution is 2.59. The lowest BCUT2D eigenvalue weighted by molar-refractivity contribution is -0.133. The van der Waals surface area contributed by atoms with Gasteiger partial charge in [-0.1, -0.05) is 13.8 Å². The van der Waals surface area contributed by atoms with E-state index >= 15 is 0 Å². The van der Waals surface area contributed by atoms with E-state index in [-0.39, 0.29) is 0 Å². The minimum atomic E-state index is 0.590. The maximum absolute atomic E-state index is 5.68. The maximum atomic E-state index is 5.68. The van der Waals surface area contributed by atoms with Crippen LogP contribution in [0.15, 0.2) is 0 Å². The lowest BCUT2D eigenvalue weighted by Gasteiger charge is -2.58. The molecule has 3 saturated carbocycles. The Hall–Kier alpha value is -0.0400. The van der Waals surface area contributed by atoms with Crippen molar-refractivity contribution in [2.24, 2.45) is 17.3 Å². The van der Waals surface area contributed by atoms with Gasteiger partial charge in [-0.15, -0.1) is 0 Å². The third-order valence-corrected chi connectivity index (χ3v) is 4.17. The zero-order chi connectivity index (χ0) is 8.77. The molecule has 3 aliphatic rings. The topological polar surface area (TPSA) is 9.23 Å². The zero-order valence-corrected chi connectivity index (χ0v) is 8.47. The molecule has 2 unspecified atom stereocenters. The molecule has 2 atom stereocenters.